The number of hydrogen-bond acceptors (Lipinski definition) is 2. The van der Waals surface area contributed by atoms with Gasteiger partial charge in [0, 0.05) is 5.56 Å². The lowest BCUT2D eigenvalue weighted by molar-refractivity contribution is 0.0955. The first-order valence-corrected chi connectivity index (χ1v) is 5.72. The summed E-state index contributed by atoms with van der Waals surface area (Å²) >= 11 is 0. The molecule has 1 amide bonds. The molecule has 0 bridgehead atoms. The zero-order valence-corrected chi connectivity index (χ0v) is 10.1. The van der Waals surface area contributed by atoms with Crippen LogP contribution in [-0.4, -0.2) is 11.6 Å². The van der Waals surface area contributed by atoms with Crippen molar-refractivity contribution < 1.29 is 4.79 Å². The number of amides is 1. The summed E-state index contributed by atoms with van der Waals surface area (Å²) in [6.07, 6.45) is 0. The van der Waals surface area contributed by atoms with Gasteiger partial charge in [0.2, 0.25) is 0 Å². The number of carbonyl (C=O) groups excluding carboxylic acids is 1. The lowest BCUT2D eigenvalue weighted by Gasteiger charge is -2.02. The monoisotopic (exact) mass is 238 g/mol. The zero-order chi connectivity index (χ0) is 12.8. The van der Waals surface area contributed by atoms with Gasteiger partial charge in [0.25, 0.3) is 5.91 Å². The van der Waals surface area contributed by atoms with Gasteiger partial charge in [-0.1, -0.05) is 48.5 Å². The quantitative estimate of drug-likeness (QED) is 0.648. The molecule has 0 aliphatic carbocycles. The summed E-state index contributed by atoms with van der Waals surface area (Å²) in [5.74, 6) is -0.203. The van der Waals surface area contributed by atoms with Gasteiger partial charge in [-0.2, -0.15) is 5.10 Å². The highest BCUT2D eigenvalue weighted by atomic mass is 16.2. The van der Waals surface area contributed by atoms with Crippen LogP contribution in [0.25, 0.3) is 0 Å². The minimum Gasteiger partial charge on any atom is -0.267 e. The van der Waals surface area contributed by atoms with E-state index in [-0.39, 0.29) is 5.91 Å². The van der Waals surface area contributed by atoms with Gasteiger partial charge in [0.05, 0.1) is 5.71 Å². The van der Waals surface area contributed by atoms with E-state index >= 15 is 0 Å². The summed E-state index contributed by atoms with van der Waals surface area (Å²) in [4.78, 5) is 11.8. The Morgan fingerprint density at radius 1 is 0.889 bits per heavy atom. The average molecular weight is 238 g/mol. The van der Waals surface area contributed by atoms with Crippen LogP contribution < -0.4 is 5.43 Å². The van der Waals surface area contributed by atoms with Crippen molar-refractivity contribution in [2.24, 2.45) is 5.10 Å². The Labute approximate surface area is 106 Å². The highest BCUT2D eigenvalue weighted by Crippen LogP contribution is 2.01. The SMILES string of the molecule is C/C(=N/NC(=O)c1ccccc1)c1ccccc1. The van der Waals surface area contributed by atoms with Gasteiger partial charge in [0.15, 0.2) is 0 Å². The molecule has 0 saturated heterocycles. The first kappa shape index (κ1) is 12.0. The second-order valence-electron chi connectivity index (χ2n) is 3.87. The van der Waals surface area contributed by atoms with E-state index in [2.05, 4.69) is 10.5 Å². The molecule has 18 heavy (non-hydrogen) atoms. The Hall–Kier alpha value is -2.42. The molecule has 0 radical (unpaired) electrons. The number of benzene rings is 2. The van der Waals surface area contributed by atoms with Crippen LogP contribution in [0.1, 0.15) is 22.8 Å². The van der Waals surface area contributed by atoms with Crippen molar-refractivity contribution in [3.63, 3.8) is 0 Å². The van der Waals surface area contributed by atoms with Crippen molar-refractivity contribution >= 4 is 11.6 Å². The molecule has 2 aromatic carbocycles. The largest absolute Gasteiger partial charge is 0.271 e. The Bertz CT molecular complexity index is 547. The fourth-order valence-corrected chi connectivity index (χ4v) is 1.53. The van der Waals surface area contributed by atoms with Gasteiger partial charge in [-0.25, -0.2) is 5.43 Å². The predicted octanol–water partition coefficient (Wildman–Crippen LogP) is 2.84. The van der Waals surface area contributed by atoms with Crippen LogP contribution in [-0.2, 0) is 0 Å². The van der Waals surface area contributed by atoms with E-state index in [9.17, 15) is 4.79 Å². The minimum atomic E-state index is -0.203. The molecule has 1 N–H and O–H groups in total. The summed E-state index contributed by atoms with van der Waals surface area (Å²) in [5.41, 5.74) is 4.91. The van der Waals surface area contributed by atoms with Gasteiger partial charge in [0.1, 0.15) is 0 Å². The van der Waals surface area contributed by atoms with Crippen LogP contribution in [0.2, 0.25) is 0 Å². The highest BCUT2D eigenvalue weighted by Gasteiger charge is 2.03. The molecule has 3 nitrogen and oxygen atoms in total. The molecule has 0 spiro atoms. The Morgan fingerprint density at radius 2 is 1.39 bits per heavy atom. The van der Waals surface area contributed by atoms with Crippen LogP contribution in [0.3, 0.4) is 0 Å². The van der Waals surface area contributed by atoms with Gasteiger partial charge < -0.3 is 0 Å². The summed E-state index contributed by atoms with van der Waals surface area (Å²) in [5, 5.41) is 4.09. The van der Waals surface area contributed by atoms with Crippen LogP contribution in [0, 0.1) is 0 Å². The third-order valence-corrected chi connectivity index (χ3v) is 2.55. The molecule has 0 saturated carbocycles. The van der Waals surface area contributed by atoms with Crippen LogP contribution >= 0.6 is 0 Å². The van der Waals surface area contributed by atoms with Gasteiger partial charge >= 0.3 is 0 Å². The van der Waals surface area contributed by atoms with Crippen molar-refractivity contribution in [2.75, 3.05) is 0 Å². The molecule has 2 aromatic rings. The number of hydrogen-bond donors (Lipinski definition) is 1. The predicted molar refractivity (Wildman–Crippen MR) is 72.6 cm³/mol. The lowest BCUT2D eigenvalue weighted by Crippen LogP contribution is -2.19. The number of hydrazone groups is 1. The van der Waals surface area contributed by atoms with Crippen LogP contribution in [0.5, 0.6) is 0 Å². The second-order valence-corrected chi connectivity index (χ2v) is 3.87. The number of nitrogens with zero attached hydrogens (tertiary/aromatic N) is 1. The van der Waals surface area contributed by atoms with E-state index in [0.717, 1.165) is 11.3 Å². The maximum absolute atomic E-state index is 11.8. The molecule has 0 unspecified atom stereocenters. The Balaban J connectivity index is 2.05. The summed E-state index contributed by atoms with van der Waals surface area (Å²) in [6.45, 7) is 1.86. The Kier molecular flexibility index (Phi) is 3.86. The third kappa shape index (κ3) is 3.04. The van der Waals surface area contributed by atoms with E-state index in [1.807, 2.05) is 55.5 Å². The van der Waals surface area contributed by atoms with Crippen molar-refractivity contribution in [1.82, 2.24) is 5.43 Å². The summed E-state index contributed by atoms with van der Waals surface area (Å²) in [6, 6.07) is 18.7. The van der Waals surface area contributed by atoms with Crippen molar-refractivity contribution in [3.05, 3.63) is 71.8 Å². The molecule has 0 fully saturated rings. The van der Waals surface area contributed by atoms with E-state index in [4.69, 9.17) is 0 Å². The lowest BCUT2D eigenvalue weighted by atomic mass is 10.1. The summed E-state index contributed by atoms with van der Waals surface area (Å²) in [7, 11) is 0. The molecule has 0 aromatic heterocycles. The molecule has 0 heterocycles. The molecular formula is C15H14N2O. The first-order valence-electron chi connectivity index (χ1n) is 5.72. The van der Waals surface area contributed by atoms with Gasteiger partial charge in [-0.3, -0.25) is 4.79 Å². The maximum atomic E-state index is 11.8. The van der Waals surface area contributed by atoms with E-state index in [0.29, 0.717) is 5.56 Å². The van der Waals surface area contributed by atoms with E-state index < -0.39 is 0 Å². The Morgan fingerprint density at radius 3 is 1.94 bits per heavy atom. The number of carbonyl (C=O) groups is 1. The fourth-order valence-electron chi connectivity index (χ4n) is 1.53. The molecule has 0 aliphatic rings. The summed E-state index contributed by atoms with van der Waals surface area (Å²) < 4.78 is 0. The number of nitrogens with one attached hydrogen (secondary N) is 1. The first-order chi connectivity index (χ1) is 8.77. The molecular weight excluding hydrogens is 224 g/mol. The van der Waals surface area contributed by atoms with Gasteiger partial charge in [-0.15, -0.1) is 0 Å². The second kappa shape index (κ2) is 5.77. The fraction of sp³-hybridized carbons (Fsp3) is 0.0667. The average Bonchev–Trinajstić information content (AvgIpc) is 2.46. The third-order valence-electron chi connectivity index (χ3n) is 2.55. The maximum Gasteiger partial charge on any atom is 0.271 e. The molecule has 0 atom stereocenters. The van der Waals surface area contributed by atoms with Crippen molar-refractivity contribution in [1.29, 1.82) is 0 Å². The minimum absolute atomic E-state index is 0.203. The van der Waals surface area contributed by atoms with Gasteiger partial charge in [-0.05, 0) is 24.6 Å². The van der Waals surface area contributed by atoms with Crippen LogP contribution in [0.15, 0.2) is 65.8 Å². The zero-order valence-electron chi connectivity index (χ0n) is 10.1. The van der Waals surface area contributed by atoms with Crippen molar-refractivity contribution in [3.8, 4) is 0 Å². The smallest absolute Gasteiger partial charge is 0.267 e. The van der Waals surface area contributed by atoms with Crippen LogP contribution in [0.4, 0.5) is 0 Å². The van der Waals surface area contributed by atoms with E-state index in [1.54, 1.807) is 12.1 Å². The molecule has 0 aliphatic heterocycles. The molecule has 2 rings (SSSR count). The molecule has 90 valence electrons. The molecule has 3 heteroatoms. The highest BCUT2D eigenvalue weighted by molar-refractivity contribution is 6.00. The topological polar surface area (TPSA) is 41.5 Å². The number of rotatable bonds is 3. The normalized spacial score (nSPS) is 11.1. The standard InChI is InChI=1S/C15H14N2O/c1-12(13-8-4-2-5-9-13)16-17-15(18)14-10-6-3-7-11-14/h2-11H,1H3,(H,17,18)/b16-12-. The van der Waals surface area contributed by atoms with E-state index in [1.165, 1.54) is 0 Å². The van der Waals surface area contributed by atoms with Crippen molar-refractivity contribution in [2.45, 2.75) is 6.92 Å².